The molecule has 0 radical (unpaired) electrons. The second kappa shape index (κ2) is 7.64. The molecule has 0 atom stereocenters. The molecule has 0 aliphatic heterocycles. The van der Waals surface area contributed by atoms with Gasteiger partial charge in [0.2, 0.25) is 0 Å². The van der Waals surface area contributed by atoms with E-state index in [2.05, 4.69) is 25.0 Å². The molecule has 0 aliphatic carbocycles. The number of aromatic nitrogens is 3. The summed E-state index contributed by atoms with van der Waals surface area (Å²) in [4.78, 5) is 32.6. The van der Waals surface area contributed by atoms with Crippen molar-refractivity contribution in [2.24, 2.45) is 0 Å². The first-order chi connectivity index (χ1) is 14.0. The van der Waals surface area contributed by atoms with Gasteiger partial charge in [0.15, 0.2) is 0 Å². The number of anilines is 3. The molecule has 4 aromatic rings. The summed E-state index contributed by atoms with van der Waals surface area (Å²) in [7, 11) is 0. The Labute approximate surface area is 169 Å². The molecule has 144 valence electrons. The molecule has 0 bridgehead atoms. The van der Waals surface area contributed by atoms with Crippen molar-refractivity contribution >= 4 is 50.9 Å². The van der Waals surface area contributed by atoms with Gasteiger partial charge in [-0.3, -0.25) is 9.78 Å². The number of carboxylic acids is 1. The maximum absolute atomic E-state index is 12.8. The van der Waals surface area contributed by atoms with Crippen LogP contribution in [0.2, 0.25) is 0 Å². The lowest BCUT2D eigenvalue weighted by atomic mass is 10.2. The monoisotopic (exact) mass is 405 g/mol. The summed E-state index contributed by atoms with van der Waals surface area (Å²) in [6, 6.07) is 13.4. The zero-order chi connectivity index (χ0) is 20.4. The van der Waals surface area contributed by atoms with Crippen LogP contribution in [0.5, 0.6) is 0 Å². The van der Waals surface area contributed by atoms with Gasteiger partial charge in [-0.15, -0.1) is 0 Å². The van der Waals surface area contributed by atoms with E-state index in [1.54, 1.807) is 25.3 Å². The molecule has 0 fully saturated rings. The topological polar surface area (TPSA) is 117 Å². The third-order valence-corrected chi connectivity index (χ3v) is 5.02. The number of carboxylic acid groups (broad SMARTS) is 1. The summed E-state index contributed by atoms with van der Waals surface area (Å²) < 4.78 is 4.27. The van der Waals surface area contributed by atoms with Gasteiger partial charge in [-0.25, -0.2) is 9.78 Å². The summed E-state index contributed by atoms with van der Waals surface area (Å²) in [6.45, 7) is 1.75. The van der Waals surface area contributed by atoms with Crippen molar-refractivity contribution in [1.29, 1.82) is 0 Å². The highest BCUT2D eigenvalue weighted by Gasteiger charge is 2.19. The van der Waals surface area contributed by atoms with E-state index >= 15 is 0 Å². The third kappa shape index (κ3) is 3.90. The van der Waals surface area contributed by atoms with Crippen LogP contribution < -0.4 is 10.6 Å². The Morgan fingerprint density at radius 3 is 2.48 bits per heavy atom. The van der Waals surface area contributed by atoms with E-state index in [0.717, 1.165) is 22.6 Å². The van der Waals surface area contributed by atoms with Gasteiger partial charge < -0.3 is 15.7 Å². The fraction of sp³-hybridized carbons (Fsp3) is 0.0500. The van der Waals surface area contributed by atoms with Gasteiger partial charge in [0, 0.05) is 5.69 Å². The minimum atomic E-state index is -1.02. The van der Waals surface area contributed by atoms with Crippen molar-refractivity contribution in [2.75, 3.05) is 10.6 Å². The standard InChI is InChI=1S/C20H15N5O3S/c1-11-17(18(26)22-13-8-6-12(7-9-13)20(27)28)19(29-25-11)24-16-10-21-14-4-2-3-5-15(14)23-16/h2-10H,1H3,(H,22,26)(H,23,24)(H,27,28). The van der Waals surface area contributed by atoms with E-state index in [0.29, 0.717) is 27.8 Å². The van der Waals surface area contributed by atoms with Crippen LogP contribution in [0.25, 0.3) is 11.0 Å². The Hall–Kier alpha value is -3.85. The molecule has 2 heterocycles. The third-order valence-electron chi connectivity index (χ3n) is 4.17. The molecule has 2 aromatic carbocycles. The molecule has 3 N–H and O–H groups in total. The highest BCUT2D eigenvalue weighted by molar-refractivity contribution is 7.10. The largest absolute Gasteiger partial charge is 0.478 e. The number of nitrogens with one attached hydrogen (secondary N) is 2. The van der Waals surface area contributed by atoms with E-state index in [1.165, 1.54) is 12.1 Å². The Kier molecular flexibility index (Phi) is 4.88. The van der Waals surface area contributed by atoms with Gasteiger partial charge in [0.1, 0.15) is 10.8 Å². The van der Waals surface area contributed by atoms with E-state index in [9.17, 15) is 9.59 Å². The molecule has 29 heavy (non-hydrogen) atoms. The summed E-state index contributed by atoms with van der Waals surface area (Å²) >= 11 is 1.15. The number of carbonyl (C=O) groups excluding carboxylic acids is 1. The van der Waals surface area contributed by atoms with E-state index < -0.39 is 5.97 Å². The van der Waals surface area contributed by atoms with Gasteiger partial charge >= 0.3 is 5.97 Å². The predicted molar refractivity (Wildman–Crippen MR) is 111 cm³/mol. The molecule has 0 unspecified atom stereocenters. The van der Waals surface area contributed by atoms with Crippen molar-refractivity contribution in [2.45, 2.75) is 6.92 Å². The van der Waals surface area contributed by atoms with Gasteiger partial charge in [0.25, 0.3) is 5.91 Å². The summed E-state index contributed by atoms with van der Waals surface area (Å²) in [6.07, 6.45) is 1.60. The minimum absolute atomic E-state index is 0.147. The van der Waals surface area contributed by atoms with Crippen LogP contribution in [-0.2, 0) is 0 Å². The lowest BCUT2D eigenvalue weighted by molar-refractivity contribution is 0.0696. The minimum Gasteiger partial charge on any atom is -0.478 e. The number of hydrogen-bond acceptors (Lipinski definition) is 7. The van der Waals surface area contributed by atoms with Crippen molar-refractivity contribution in [3.63, 3.8) is 0 Å². The van der Waals surface area contributed by atoms with Crippen molar-refractivity contribution in [3.05, 3.63) is 71.5 Å². The first kappa shape index (κ1) is 18.5. The number of rotatable bonds is 5. The van der Waals surface area contributed by atoms with E-state index in [1.807, 2.05) is 24.3 Å². The highest BCUT2D eigenvalue weighted by atomic mass is 32.1. The highest BCUT2D eigenvalue weighted by Crippen LogP contribution is 2.28. The van der Waals surface area contributed by atoms with Crippen LogP contribution in [-0.4, -0.2) is 31.3 Å². The Balaban J connectivity index is 1.57. The number of aromatic carboxylic acids is 1. The molecule has 0 spiro atoms. The zero-order valence-corrected chi connectivity index (χ0v) is 16.0. The number of fused-ring (bicyclic) bond motifs is 1. The molecule has 9 heteroatoms. The molecule has 0 saturated heterocycles. The predicted octanol–water partition coefficient (Wildman–Crippen LogP) is 4.09. The summed E-state index contributed by atoms with van der Waals surface area (Å²) in [5.41, 5.74) is 3.12. The Bertz CT molecular complexity index is 1220. The van der Waals surface area contributed by atoms with Gasteiger partial charge in [-0.1, -0.05) is 12.1 Å². The number of para-hydroxylation sites is 2. The lowest BCUT2D eigenvalue weighted by Gasteiger charge is -2.09. The van der Waals surface area contributed by atoms with E-state index in [-0.39, 0.29) is 11.5 Å². The van der Waals surface area contributed by atoms with Crippen LogP contribution in [0.15, 0.2) is 54.7 Å². The molecule has 1 amide bonds. The normalized spacial score (nSPS) is 10.7. The fourth-order valence-corrected chi connectivity index (χ4v) is 3.55. The van der Waals surface area contributed by atoms with Crippen LogP contribution in [0.1, 0.15) is 26.4 Å². The Morgan fingerprint density at radius 1 is 1.03 bits per heavy atom. The van der Waals surface area contributed by atoms with Crippen molar-refractivity contribution in [3.8, 4) is 0 Å². The van der Waals surface area contributed by atoms with Gasteiger partial charge in [-0.05, 0) is 54.9 Å². The Morgan fingerprint density at radius 2 is 1.76 bits per heavy atom. The van der Waals surface area contributed by atoms with Crippen molar-refractivity contribution < 1.29 is 14.7 Å². The average Bonchev–Trinajstić information content (AvgIpc) is 3.08. The van der Waals surface area contributed by atoms with Crippen molar-refractivity contribution in [1.82, 2.24) is 14.3 Å². The van der Waals surface area contributed by atoms with E-state index in [4.69, 9.17) is 5.11 Å². The number of nitrogens with zero attached hydrogens (tertiary/aromatic N) is 3. The number of carbonyl (C=O) groups is 2. The molecular weight excluding hydrogens is 390 g/mol. The molecule has 8 nitrogen and oxygen atoms in total. The first-order valence-corrected chi connectivity index (χ1v) is 9.38. The maximum atomic E-state index is 12.8. The first-order valence-electron chi connectivity index (χ1n) is 8.61. The second-order valence-corrected chi connectivity index (χ2v) is 6.95. The van der Waals surface area contributed by atoms with Gasteiger partial charge in [-0.2, -0.15) is 4.37 Å². The smallest absolute Gasteiger partial charge is 0.335 e. The molecule has 2 aromatic heterocycles. The quantitative estimate of drug-likeness (QED) is 0.458. The van der Waals surface area contributed by atoms with Crippen LogP contribution >= 0.6 is 11.5 Å². The molecule has 4 rings (SSSR count). The molecular formula is C20H15N5O3S. The zero-order valence-electron chi connectivity index (χ0n) is 15.2. The molecule has 0 saturated carbocycles. The number of benzene rings is 2. The number of amides is 1. The van der Waals surface area contributed by atoms with Crippen LogP contribution in [0, 0.1) is 6.92 Å². The number of aryl methyl sites for hydroxylation is 1. The SMILES string of the molecule is Cc1nsc(Nc2cnc3ccccc3n2)c1C(=O)Nc1ccc(C(=O)O)cc1. The fourth-order valence-electron chi connectivity index (χ4n) is 2.75. The second-order valence-electron chi connectivity index (χ2n) is 6.18. The summed E-state index contributed by atoms with van der Waals surface area (Å²) in [5.74, 6) is -0.869. The van der Waals surface area contributed by atoms with Crippen LogP contribution in [0.3, 0.4) is 0 Å². The van der Waals surface area contributed by atoms with Gasteiger partial charge in [0.05, 0.1) is 34.1 Å². The summed E-state index contributed by atoms with van der Waals surface area (Å²) in [5, 5.41) is 15.4. The molecule has 0 aliphatic rings. The maximum Gasteiger partial charge on any atom is 0.335 e. The number of hydrogen-bond donors (Lipinski definition) is 3. The van der Waals surface area contributed by atoms with Crippen LogP contribution in [0.4, 0.5) is 16.5 Å². The average molecular weight is 405 g/mol. The lowest BCUT2D eigenvalue weighted by Crippen LogP contribution is -2.14.